The minimum absolute atomic E-state index is 0.274. The summed E-state index contributed by atoms with van der Waals surface area (Å²) in [5.41, 5.74) is 13.3. The molecule has 0 amide bonds. The van der Waals surface area contributed by atoms with Gasteiger partial charge in [-0.1, -0.05) is 0 Å². The molecular formula is C32H34N8O. The lowest BCUT2D eigenvalue weighted by molar-refractivity contribution is 0.288. The number of aromatic nitrogens is 5. The molecule has 3 N–H and O–H groups in total. The number of aryl methyl sites for hydroxylation is 2. The van der Waals surface area contributed by atoms with Crippen molar-refractivity contribution >= 4 is 27.9 Å². The third-order valence-corrected chi connectivity index (χ3v) is 7.85. The molecule has 9 heteroatoms. The molecule has 0 radical (unpaired) electrons. The Hall–Kier alpha value is -4.71. The summed E-state index contributed by atoms with van der Waals surface area (Å²) in [6.07, 6.45) is 6.31. The van der Waals surface area contributed by atoms with Gasteiger partial charge in [0.15, 0.2) is 0 Å². The lowest BCUT2D eigenvalue weighted by Gasteiger charge is -2.17. The molecule has 4 aromatic heterocycles. The quantitative estimate of drug-likeness (QED) is 0.229. The number of nitriles is 1. The zero-order chi connectivity index (χ0) is 28.7. The summed E-state index contributed by atoms with van der Waals surface area (Å²) in [4.78, 5) is 12.9. The van der Waals surface area contributed by atoms with E-state index in [4.69, 9.17) is 15.6 Å². The number of anilines is 2. The van der Waals surface area contributed by atoms with Crippen molar-refractivity contribution in [3.63, 3.8) is 0 Å². The molecule has 0 aliphatic heterocycles. The Morgan fingerprint density at radius 3 is 2.71 bits per heavy atom. The van der Waals surface area contributed by atoms with E-state index in [1.54, 1.807) is 12.3 Å². The van der Waals surface area contributed by atoms with Crippen molar-refractivity contribution in [3.8, 4) is 11.9 Å². The lowest BCUT2D eigenvalue weighted by atomic mass is 9.89. The molecule has 0 saturated heterocycles. The minimum atomic E-state index is -0.476. The van der Waals surface area contributed by atoms with Gasteiger partial charge in [0.1, 0.15) is 30.3 Å². The lowest BCUT2D eigenvalue weighted by Crippen LogP contribution is -2.15. The molecule has 1 aliphatic carbocycles. The Balaban J connectivity index is 1.18. The normalized spacial score (nSPS) is 13.4. The van der Waals surface area contributed by atoms with Gasteiger partial charge >= 0.3 is 0 Å². The van der Waals surface area contributed by atoms with Crippen LogP contribution in [0.2, 0.25) is 0 Å². The summed E-state index contributed by atoms with van der Waals surface area (Å²) >= 11 is 0. The number of hydrogen-bond donors (Lipinski definition) is 2. The standard InChI is InChI=1S/C32H34N8O/c1-19-9-27-26(7-8-35-31(27)34)20(2)28(19)15-36-29-13-30(38-18-37-29)41-16-23-12-24-10-22(21-5-6-21)11-25(40(24)39-23)14-32(3,4)17-33/h7-13,18,21H,5-6,14-16H2,1-4H3,(H2,34,35)(H,36,37,38). The highest BCUT2D eigenvalue weighted by molar-refractivity contribution is 5.94. The number of hydrogen-bond acceptors (Lipinski definition) is 8. The Morgan fingerprint density at radius 1 is 1.10 bits per heavy atom. The third kappa shape index (κ3) is 5.50. The molecule has 9 nitrogen and oxygen atoms in total. The van der Waals surface area contributed by atoms with E-state index in [1.165, 1.54) is 35.9 Å². The summed E-state index contributed by atoms with van der Waals surface area (Å²) < 4.78 is 8.00. The third-order valence-electron chi connectivity index (χ3n) is 7.85. The number of nitrogens with two attached hydrogens (primary N) is 1. The van der Waals surface area contributed by atoms with Crippen LogP contribution in [0.15, 0.2) is 48.9 Å². The van der Waals surface area contributed by atoms with E-state index >= 15 is 0 Å². The van der Waals surface area contributed by atoms with Crippen LogP contribution in [-0.4, -0.2) is 24.6 Å². The Labute approximate surface area is 239 Å². The zero-order valence-electron chi connectivity index (χ0n) is 23.9. The van der Waals surface area contributed by atoms with Crippen molar-refractivity contribution < 1.29 is 4.74 Å². The Bertz CT molecular complexity index is 1810. The van der Waals surface area contributed by atoms with E-state index < -0.39 is 5.41 Å². The fourth-order valence-corrected chi connectivity index (χ4v) is 5.43. The molecule has 0 bridgehead atoms. The topological polar surface area (TPSA) is 127 Å². The van der Waals surface area contributed by atoms with Crippen LogP contribution in [0, 0.1) is 30.6 Å². The van der Waals surface area contributed by atoms with Crippen molar-refractivity contribution in [1.82, 2.24) is 24.6 Å². The number of nitrogen functional groups attached to an aromatic ring is 1. The van der Waals surface area contributed by atoms with Gasteiger partial charge in [-0.3, -0.25) is 0 Å². The van der Waals surface area contributed by atoms with Crippen LogP contribution in [-0.2, 0) is 19.6 Å². The van der Waals surface area contributed by atoms with Crippen molar-refractivity contribution in [3.05, 3.63) is 82.6 Å². The molecule has 0 unspecified atom stereocenters. The van der Waals surface area contributed by atoms with Crippen LogP contribution in [0.4, 0.5) is 11.6 Å². The Morgan fingerprint density at radius 2 is 1.93 bits per heavy atom. The second kappa shape index (κ2) is 10.4. The maximum Gasteiger partial charge on any atom is 0.218 e. The fraction of sp³-hybridized carbons (Fsp3) is 0.344. The van der Waals surface area contributed by atoms with E-state index in [1.807, 2.05) is 24.4 Å². The minimum Gasteiger partial charge on any atom is -0.471 e. The number of nitrogens with one attached hydrogen (secondary N) is 1. The number of benzene rings is 1. The predicted octanol–water partition coefficient (Wildman–Crippen LogP) is 6.03. The molecule has 6 rings (SSSR count). The zero-order valence-corrected chi connectivity index (χ0v) is 23.9. The summed E-state index contributed by atoms with van der Waals surface area (Å²) in [5.74, 6) is 2.30. The van der Waals surface area contributed by atoms with Crippen LogP contribution < -0.4 is 15.8 Å². The fourth-order valence-electron chi connectivity index (χ4n) is 5.43. The van der Waals surface area contributed by atoms with Crippen molar-refractivity contribution in [2.45, 2.75) is 66.0 Å². The highest BCUT2D eigenvalue weighted by Crippen LogP contribution is 2.41. The summed E-state index contributed by atoms with van der Waals surface area (Å²) in [6, 6.07) is 14.8. The van der Waals surface area contributed by atoms with Gasteiger partial charge in [-0.25, -0.2) is 19.5 Å². The molecule has 208 valence electrons. The highest BCUT2D eigenvalue weighted by atomic mass is 16.5. The van der Waals surface area contributed by atoms with Crippen LogP contribution in [0.5, 0.6) is 5.88 Å². The highest BCUT2D eigenvalue weighted by Gasteiger charge is 2.27. The first-order chi connectivity index (χ1) is 19.7. The molecule has 0 spiro atoms. The molecular weight excluding hydrogens is 512 g/mol. The van der Waals surface area contributed by atoms with Gasteiger partial charge in [0.05, 0.1) is 17.0 Å². The number of fused-ring (bicyclic) bond motifs is 2. The number of nitrogens with zero attached hydrogens (tertiary/aromatic N) is 6. The molecule has 0 atom stereocenters. The number of pyridine rings is 2. The molecule has 4 heterocycles. The van der Waals surface area contributed by atoms with Gasteiger partial charge in [-0.15, -0.1) is 0 Å². The van der Waals surface area contributed by atoms with Gasteiger partial charge in [-0.2, -0.15) is 10.4 Å². The maximum absolute atomic E-state index is 9.61. The monoisotopic (exact) mass is 546 g/mol. The average Bonchev–Trinajstić information content (AvgIpc) is 3.72. The van der Waals surface area contributed by atoms with Gasteiger partial charge in [0, 0.05) is 36.3 Å². The molecule has 1 saturated carbocycles. The summed E-state index contributed by atoms with van der Waals surface area (Å²) in [5, 5.41) is 19.9. The second-order valence-electron chi connectivity index (χ2n) is 11.7. The summed E-state index contributed by atoms with van der Waals surface area (Å²) in [6.45, 7) is 9.00. The molecule has 1 aliphatic rings. The predicted molar refractivity (Wildman–Crippen MR) is 160 cm³/mol. The largest absolute Gasteiger partial charge is 0.471 e. The van der Waals surface area contributed by atoms with E-state index in [-0.39, 0.29) is 6.61 Å². The van der Waals surface area contributed by atoms with Crippen LogP contribution in [0.1, 0.15) is 66.2 Å². The van der Waals surface area contributed by atoms with Crippen LogP contribution in [0.3, 0.4) is 0 Å². The first-order valence-corrected chi connectivity index (χ1v) is 14.0. The maximum atomic E-state index is 9.61. The van der Waals surface area contributed by atoms with Gasteiger partial charge < -0.3 is 15.8 Å². The van der Waals surface area contributed by atoms with Crippen molar-refractivity contribution in [2.24, 2.45) is 5.41 Å². The van der Waals surface area contributed by atoms with Gasteiger partial charge in [0.25, 0.3) is 0 Å². The van der Waals surface area contributed by atoms with Gasteiger partial charge in [-0.05, 0) is 104 Å². The van der Waals surface area contributed by atoms with Gasteiger partial charge in [0.2, 0.25) is 5.88 Å². The van der Waals surface area contributed by atoms with Crippen LogP contribution >= 0.6 is 0 Å². The first kappa shape index (κ1) is 26.5. The van der Waals surface area contributed by atoms with E-state index in [0.29, 0.717) is 36.4 Å². The van der Waals surface area contributed by atoms with Crippen LogP contribution in [0.25, 0.3) is 16.3 Å². The SMILES string of the molecule is Cc1cc2c(N)nccc2c(C)c1CNc1cc(OCc2cc3cc(C4CC4)cc(CC(C)(C)C#N)n3n2)ncn1. The average molecular weight is 547 g/mol. The van der Waals surface area contributed by atoms with E-state index in [2.05, 4.69) is 64.5 Å². The molecule has 5 aromatic rings. The van der Waals surface area contributed by atoms with E-state index in [9.17, 15) is 5.26 Å². The second-order valence-corrected chi connectivity index (χ2v) is 11.7. The molecule has 1 fully saturated rings. The summed E-state index contributed by atoms with van der Waals surface area (Å²) in [7, 11) is 0. The van der Waals surface area contributed by atoms with E-state index in [0.717, 1.165) is 33.2 Å². The number of ether oxygens (including phenoxy) is 1. The molecule has 41 heavy (non-hydrogen) atoms. The number of rotatable bonds is 9. The smallest absolute Gasteiger partial charge is 0.218 e. The first-order valence-electron chi connectivity index (χ1n) is 14.0. The van der Waals surface area contributed by atoms with Crippen molar-refractivity contribution in [1.29, 1.82) is 5.26 Å². The Kier molecular flexibility index (Phi) is 6.70. The van der Waals surface area contributed by atoms with Crippen molar-refractivity contribution in [2.75, 3.05) is 11.1 Å². The molecule has 1 aromatic carbocycles.